The Morgan fingerprint density at radius 3 is 3.04 bits per heavy atom. The van der Waals surface area contributed by atoms with Crippen LogP contribution < -0.4 is 10.2 Å². The van der Waals surface area contributed by atoms with E-state index >= 15 is 0 Å². The van der Waals surface area contributed by atoms with E-state index in [0.29, 0.717) is 5.95 Å². The number of aryl methyl sites for hydroxylation is 1. The number of fused-ring (bicyclic) bond motifs is 1. The zero-order valence-corrected chi connectivity index (χ0v) is 14.0. The first-order valence-electron chi connectivity index (χ1n) is 8.23. The van der Waals surface area contributed by atoms with E-state index in [4.69, 9.17) is 4.74 Å². The van der Waals surface area contributed by atoms with Crippen molar-refractivity contribution >= 4 is 23.2 Å². The maximum atomic E-state index is 5.70. The van der Waals surface area contributed by atoms with Crippen LogP contribution in [0.5, 0.6) is 5.75 Å². The molecule has 0 unspecified atom stereocenters. The lowest BCUT2D eigenvalue weighted by Crippen LogP contribution is -1.97. The van der Waals surface area contributed by atoms with Gasteiger partial charge in [0.15, 0.2) is 0 Å². The molecule has 2 aromatic carbocycles. The summed E-state index contributed by atoms with van der Waals surface area (Å²) in [4.78, 5) is 7.66. The largest absolute Gasteiger partial charge is 0.494 e. The van der Waals surface area contributed by atoms with Gasteiger partial charge in [0.2, 0.25) is 5.95 Å². The fraction of sp³-hybridized carbons (Fsp3) is 0.263. The first kappa shape index (κ1) is 16.1. The highest BCUT2D eigenvalue weighted by Crippen LogP contribution is 2.16. The minimum atomic E-state index is 0.627. The molecular weight excluding hydrogens is 300 g/mol. The van der Waals surface area contributed by atoms with Gasteiger partial charge in [-0.3, -0.25) is 0 Å². The molecule has 0 atom stereocenters. The molecule has 0 saturated heterocycles. The minimum Gasteiger partial charge on any atom is -0.494 e. The first-order valence-corrected chi connectivity index (χ1v) is 8.23. The summed E-state index contributed by atoms with van der Waals surface area (Å²) in [7, 11) is 0. The van der Waals surface area contributed by atoms with Gasteiger partial charge in [0.1, 0.15) is 5.75 Å². The number of hydrogen-bond donors (Lipinski definition) is 2. The van der Waals surface area contributed by atoms with Crippen LogP contribution in [0.4, 0.5) is 5.95 Å². The van der Waals surface area contributed by atoms with Crippen LogP contribution in [0.15, 0.2) is 47.6 Å². The number of imidazole rings is 1. The Morgan fingerprint density at radius 1 is 1.25 bits per heavy atom. The molecule has 0 amide bonds. The van der Waals surface area contributed by atoms with Gasteiger partial charge in [-0.05, 0) is 48.7 Å². The molecule has 0 bridgehead atoms. The average Bonchev–Trinajstić information content (AvgIpc) is 2.97. The van der Waals surface area contributed by atoms with Crippen molar-refractivity contribution in [3.05, 3.63) is 53.6 Å². The Kier molecular flexibility index (Phi) is 5.11. The van der Waals surface area contributed by atoms with E-state index in [-0.39, 0.29) is 0 Å². The van der Waals surface area contributed by atoms with Crippen molar-refractivity contribution < 1.29 is 4.74 Å². The van der Waals surface area contributed by atoms with Crippen molar-refractivity contribution in [2.45, 2.75) is 26.7 Å². The molecular formula is C19H22N4O. The fourth-order valence-electron chi connectivity index (χ4n) is 2.36. The number of anilines is 1. The monoisotopic (exact) mass is 322 g/mol. The number of rotatable bonds is 7. The van der Waals surface area contributed by atoms with Gasteiger partial charge in [-0.15, -0.1) is 0 Å². The third kappa shape index (κ3) is 4.13. The van der Waals surface area contributed by atoms with Gasteiger partial charge < -0.3 is 9.72 Å². The van der Waals surface area contributed by atoms with E-state index in [1.807, 2.05) is 36.4 Å². The highest BCUT2D eigenvalue weighted by atomic mass is 16.5. The molecule has 0 radical (unpaired) electrons. The van der Waals surface area contributed by atoms with E-state index in [1.54, 1.807) is 6.21 Å². The molecule has 3 rings (SSSR count). The Bertz CT molecular complexity index is 838. The van der Waals surface area contributed by atoms with Gasteiger partial charge in [0, 0.05) is 0 Å². The molecule has 2 N–H and O–H groups in total. The van der Waals surface area contributed by atoms with E-state index < -0.39 is 0 Å². The number of nitrogens with zero attached hydrogens (tertiary/aromatic N) is 2. The predicted molar refractivity (Wildman–Crippen MR) is 98.9 cm³/mol. The molecule has 0 fully saturated rings. The Balaban J connectivity index is 1.63. The summed E-state index contributed by atoms with van der Waals surface area (Å²) in [6.07, 6.45) is 3.94. The van der Waals surface area contributed by atoms with Crippen molar-refractivity contribution in [3.63, 3.8) is 0 Å². The van der Waals surface area contributed by atoms with E-state index in [0.717, 1.165) is 41.8 Å². The maximum absolute atomic E-state index is 5.70. The zero-order valence-electron chi connectivity index (χ0n) is 14.0. The summed E-state index contributed by atoms with van der Waals surface area (Å²) in [5, 5.41) is 4.24. The molecule has 1 heterocycles. The smallest absolute Gasteiger partial charge is 0.222 e. The number of hydrogen-bond acceptors (Lipinski definition) is 4. The Morgan fingerprint density at radius 2 is 2.17 bits per heavy atom. The first-order chi connectivity index (χ1) is 11.7. The number of ether oxygens (including phenoxy) is 1. The molecule has 1 aromatic heterocycles. The van der Waals surface area contributed by atoms with Crippen LogP contribution in [0.1, 0.15) is 30.9 Å². The molecule has 124 valence electrons. The third-order valence-electron chi connectivity index (χ3n) is 3.65. The van der Waals surface area contributed by atoms with Crippen molar-refractivity contribution in [2.75, 3.05) is 12.0 Å². The maximum Gasteiger partial charge on any atom is 0.222 e. The number of hydrazone groups is 1. The van der Waals surface area contributed by atoms with Crippen LogP contribution in [0.2, 0.25) is 0 Å². The fourth-order valence-corrected chi connectivity index (χ4v) is 2.36. The Labute approximate surface area is 141 Å². The highest BCUT2D eigenvalue weighted by Gasteiger charge is 2.01. The van der Waals surface area contributed by atoms with Gasteiger partial charge in [-0.2, -0.15) is 5.10 Å². The summed E-state index contributed by atoms with van der Waals surface area (Å²) in [6.45, 7) is 4.95. The summed E-state index contributed by atoms with van der Waals surface area (Å²) in [5.74, 6) is 1.49. The zero-order chi connectivity index (χ0) is 16.8. The summed E-state index contributed by atoms with van der Waals surface area (Å²) >= 11 is 0. The van der Waals surface area contributed by atoms with Crippen molar-refractivity contribution in [1.82, 2.24) is 9.97 Å². The second-order valence-corrected chi connectivity index (χ2v) is 5.75. The lowest BCUT2D eigenvalue weighted by molar-refractivity contribution is 0.309. The average molecular weight is 322 g/mol. The predicted octanol–water partition coefficient (Wildman–Crippen LogP) is 4.50. The number of unbranched alkanes of at least 4 members (excludes halogenated alkanes) is 1. The van der Waals surface area contributed by atoms with Crippen LogP contribution in [0.25, 0.3) is 11.0 Å². The van der Waals surface area contributed by atoms with Crippen LogP contribution in [-0.4, -0.2) is 22.8 Å². The summed E-state index contributed by atoms with van der Waals surface area (Å²) in [5.41, 5.74) is 7.03. The normalized spacial score (nSPS) is 11.2. The molecule has 5 nitrogen and oxygen atoms in total. The molecule has 0 saturated carbocycles. The highest BCUT2D eigenvalue weighted by molar-refractivity contribution is 5.81. The molecule has 0 spiro atoms. The van der Waals surface area contributed by atoms with Crippen molar-refractivity contribution in [2.24, 2.45) is 5.10 Å². The number of aromatic nitrogens is 2. The number of aromatic amines is 1. The van der Waals surface area contributed by atoms with Gasteiger partial charge in [0.05, 0.1) is 23.9 Å². The van der Waals surface area contributed by atoms with Crippen LogP contribution in [0.3, 0.4) is 0 Å². The molecule has 0 aliphatic carbocycles. The molecule has 5 heteroatoms. The summed E-state index contributed by atoms with van der Waals surface area (Å²) in [6, 6.07) is 14.0. The van der Waals surface area contributed by atoms with E-state index in [2.05, 4.69) is 40.4 Å². The topological polar surface area (TPSA) is 62.3 Å². The number of H-pyrrole nitrogens is 1. The second-order valence-electron chi connectivity index (χ2n) is 5.75. The van der Waals surface area contributed by atoms with Gasteiger partial charge in [-0.1, -0.05) is 31.5 Å². The van der Waals surface area contributed by atoms with Crippen molar-refractivity contribution in [1.29, 1.82) is 0 Å². The molecule has 0 aliphatic rings. The summed E-state index contributed by atoms with van der Waals surface area (Å²) < 4.78 is 5.70. The standard InChI is InChI=1S/C19H22N4O/c1-3-4-10-24-16-7-5-6-15(12-16)13-20-23-19-21-17-9-8-14(2)11-18(17)22-19/h5-9,11-13H,3-4,10H2,1-2H3,(H2,21,22,23)/b20-13-. The van der Waals surface area contributed by atoms with Crippen LogP contribution in [0, 0.1) is 6.92 Å². The number of nitrogens with one attached hydrogen (secondary N) is 2. The number of benzene rings is 2. The minimum absolute atomic E-state index is 0.627. The van der Waals surface area contributed by atoms with Crippen LogP contribution in [-0.2, 0) is 0 Å². The van der Waals surface area contributed by atoms with Crippen molar-refractivity contribution in [3.8, 4) is 5.75 Å². The SMILES string of the molecule is CCCCOc1cccc(/C=N\Nc2nc3ccc(C)cc3[nH]2)c1. The quantitative estimate of drug-likeness (QED) is 0.382. The van der Waals surface area contributed by atoms with E-state index in [9.17, 15) is 0 Å². The van der Waals surface area contributed by atoms with Crippen LogP contribution >= 0.6 is 0 Å². The second kappa shape index (κ2) is 7.64. The molecule has 3 aromatic rings. The van der Waals surface area contributed by atoms with Gasteiger partial charge in [0.25, 0.3) is 0 Å². The lowest BCUT2D eigenvalue weighted by Gasteiger charge is -2.05. The van der Waals surface area contributed by atoms with E-state index in [1.165, 1.54) is 5.56 Å². The molecule has 24 heavy (non-hydrogen) atoms. The Hall–Kier alpha value is -2.82. The molecule has 0 aliphatic heterocycles. The van der Waals surface area contributed by atoms with Gasteiger partial charge >= 0.3 is 0 Å². The third-order valence-corrected chi connectivity index (χ3v) is 3.65. The lowest BCUT2D eigenvalue weighted by atomic mass is 10.2. The van der Waals surface area contributed by atoms with Gasteiger partial charge in [-0.25, -0.2) is 10.4 Å².